The molecule has 1 aromatic rings. The maximum Gasteiger partial charge on any atom is 0.264 e. The summed E-state index contributed by atoms with van der Waals surface area (Å²) in [5, 5.41) is 11.0. The standard InChI is InChI=1S/C18H25NO3/c1-5-6-11-19-14-10-8-7-9-13(14)18(22,16(19)21)12-15(20)17(2,3)4/h7-10,22H,5-6,11-12H2,1-4H3/t18-/m1/s1. The molecule has 1 aliphatic heterocycles. The van der Waals surface area contributed by atoms with Crippen LogP contribution in [0.1, 0.15) is 52.5 Å². The van der Waals surface area contributed by atoms with Crippen molar-refractivity contribution in [2.45, 2.75) is 52.6 Å². The molecule has 0 bridgehead atoms. The maximum absolute atomic E-state index is 12.8. The Morgan fingerprint density at radius 3 is 2.50 bits per heavy atom. The second-order valence-corrected chi connectivity index (χ2v) is 7.04. The molecule has 0 unspecified atom stereocenters. The SMILES string of the molecule is CCCCN1C(=O)[C@@](O)(CC(=O)C(C)(C)C)c2ccccc21. The van der Waals surface area contributed by atoms with Gasteiger partial charge in [0.15, 0.2) is 5.60 Å². The fraction of sp³-hybridized carbons (Fsp3) is 0.556. The van der Waals surface area contributed by atoms with Crippen LogP contribution in [0.5, 0.6) is 0 Å². The quantitative estimate of drug-likeness (QED) is 0.909. The van der Waals surface area contributed by atoms with Crippen LogP contribution >= 0.6 is 0 Å². The Bertz CT molecular complexity index is 588. The van der Waals surface area contributed by atoms with Crippen molar-refractivity contribution in [2.24, 2.45) is 5.41 Å². The summed E-state index contributed by atoms with van der Waals surface area (Å²) in [6.07, 6.45) is 1.66. The molecule has 0 radical (unpaired) electrons. The van der Waals surface area contributed by atoms with E-state index in [9.17, 15) is 14.7 Å². The number of aliphatic hydroxyl groups is 1. The molecule has 0 aliphatic carbocycles. The molecule has 0 saturated carbocycles. The van der Waals surface area contributed by atoms with Crippen molar-refractivity contribution >= 4 is 17.4 Å². The normalized spacial score (nSPS) is 21.1. The van der Waals surface area contributed by atoms with Crippen molar-refractivity contribution in [2.75, 3.05) is 11.4 Å². The first kappa shape index (κ1) is 16.7. The Morgan fingerprint density at radius 2 is 1.91 bits per heavy atom. The van der Waals surface area contributed by atoms with E-state index in [-0.39, 0.29) is 18.1 Å². The molecule has 2 rings (SSSR count). The summed E-state index contributed by atoms with van der Waals surface area (Å²) in [6.45, 7) is 8.04. The minimum Gasteiger partial charge on any atom is -0.375 e. The zero-order valence-electron chi connectivity index (χ0n) is 13.8. The van der Waals surface area contributed by atoms with E-state index in [0.717, 1.165) is 18.5 Å². The van der Waals surface area contributed by atoms with E-state index < -0.39 is 11.0 Å². The maximum atomic E-state index is 12.8. The summed E-state index contributed by atoms with van der Waals surface area (Å²) in [5.41, 5.74) is -1.03. The fourth-order valence-electron chi connectivity index (χ4n) is 2.71. The highest BCUT2D eigenvalue weighted by atomic mass is 16.3. The van der Waals surface area contributed by atoms with Crippen LogP contribution in [0, 0.1) is 5.41 Å². The summed E-state index contributed by atoms with van der Waals surface area (Å²) in [7, 11) is 0. The smallest absolute Gasteiger partial charge is 0.264 e. The first-order valence-electron chi connectivity index (χ1n) is 7.89. The molecule has 4 nitrogen and oxygen atoms in total. The highest BCUT2D eigenvalue weighted by Gasteiger charge is 2.51. The van der Waals surface area contributed by atoms with Crippen molar-refractivity contribution in [1.82, 2.24) is 0 Å². The Kier molecular flexibility index (Phi) is 4.43. The second kappa shape index (κ2) is 5.84. The molecule has 1 amide bonds. The summed E-state index contributed by atoms with van der Waals surface area (Å²) in [5.74, 6) is -0.491. The third-order valence-electron chi connectivity index (χ3n) is 4.23. The van der Waals surface area contributed by atoms with E-state index in [2.05, 4.69) is 6.92 Å². The molecule has 1 heterocycles. The van der Waals surface area contributed by atoms with Gasteiger partial charge in [-0.1, -0.05) is 52.3 Å². The van der Waals surface area contributed by atoms with E-state index in [0.29, 0.717) is 12.1 Å². The van der Waals surface area contributed by atoms with Crippen LogP contribution in [0.2, 0.25) is 0 Å². The molecule has 1 aromatic carbocycles. The van der Waals surface area contributed by atoms with Crippen LogP contribution in [0.25, 0.3) is 0 Å². The van der Waals surface area contributed by atoms with Crippen molar-refractivity contribution in [3.8, 4) is 0 Å². The molecule has 22 heavy (non-hydrogen) atoms. The topological polar surface area (TPSA) is 57.6 Å². The summed E-state index contributed by atoms with van der Waals surface area (Å²) < 4.78 is 0. The average molecular weight is 303 g/mol. The molecule has 1 N–H and O–H groups in total. The third-order valence-corrected chi connectivity index (χ3v) is 4.23. The van der Waals surface area contributed by atoms with Crippen LogP contribution in [-0.2, 0) is 15.2 Å². The van der Waals surface area contributed by atoms with E-state index in [4.69, 9.17) is 0 Å². The van der Waals surface area contributed by atoms with Gasteiger partial charge in [-0.2, -0.15) is 0 Å². The monoisotopic (exact) mass is 303 g/mol. The number of hydrogen-bond acceptors (Lipinski definition) is 3. The number of ketones is 1. The van der Waals surface area contributed by atoms with Gasteiger partial charge in [-0.3, -0.25) is 9.59 Å². The van der Waals surface area contributed by atoms with Gasteiger partial charge in [-0.05, 0) is 12.5 Å². The first-order chi connectivity index (χ1) is 10.2. The number of unbranched alkanes of at least 4 members (excludes halogenated alkanes) is 1. The molecular weight excluding hydrogens is 278 g/mol. The molecule has 0 spiro atoms. The van der Waals surface area contributed by atoms with E-state index in [1.165, 1.54) is 0 Å². The lowest BCUT2D eigenvalue weighted by atomic mass is 9.81. The molecule has 1 atom stereocenters. The van der Waals surface area contributed by atoms with Gasteiger partial charge in [0.1, 0.15) is 5.78 Å². The zero-order valence-corrected chi connectivity index (χ0v) is 13.8. The molecule has 0 aromatic heterocycles. The van der Waals surface area contributed by atoms with Gasteiger partial charge in [0, 0.05) is 23.9 Å². The number of carbonyl (C=O) groups excluding carboxylic acids is 2. The van der Waals surface area contributed by atoms with Crippen molar-refractivity contribution in [1.29, 1.82) is 0 Å². The van der Waals surface area contributed by atoms with Crippen molar-refractivity contribution in [3.05, 3.63) is 29.8 Å². The highest BCUT2D eigenvalue weighted by molar-refractivity contribution is 6.09. The van der Waals surface area contributed by atoms with Crippen LogP contribution in [0.4, 0.5) is 5.69 Å². The Morgan fingerprint density at radius 1 is 1.27 bits per heavy atom. The number of hydrogen-bond donors (Lipinski definition) is 1. The molecule has 120 valence electrons. The zero-order chi connectivity index (χ0) is 16.5. The van der Waals surface area contributed by atoms with Gasteiger partial charge < -0.3 is 10.0 Å². The number of rotatable bonds is 5. The van der Waals surface area contributed by atoms with Crippen LogP contribution in [0.3, 0.4) is 0 Å². The average Bonchev–Trinajstić information content (AvgIpc) is 2.66. The second-order valence-electron chi connectivity index (χ2n) is 7.04. The predicted molar refractivity (Wildman–Crippen MR) is 86.7 cm³/mol. The Hall–Kier alpha value is -1.68. The lowest BCUT2D eigenvalue weighted by Crippen LogP contribution is -2.43. The summed E-state index contributed by atoms with van der Waals surface area (Å²) >= 11 is 0. The lowest BCUT2D eigenvalue weighted by molar-refractivity contribution is -0.144. The number of amides is 1. The third kappa shape index (κ3) is 2.80. The molecule has 4 heteroatoms. The van der Waals surface area contributed by atoms with Crippen LogP contribution < -0.4 is 4.90 Å². The van der Waals surface area contributed by atoms with Crippen LogP contribution in [0.15, 0.2) is 24.3 Å². The number of para-hydroxylation sites is 1. The van der Waals surface area contributed by atoms with Crippen LogP contribution in [-0.4, -0.2) is 23.3 Å². The van der Waals surface area contributed by atoms with Gasteiger partial charge >= 0.3 is 0 Å². The Labute approximate surface area is 132 Å². The summed E-state index contributed by atoms with van der Waals surface area (Å²) in [6, 6.07) is 7.22. The number of fused-ring (bicyclic) bond motifs is 1. The van der Waals surface area contributed by atoms with Gasteiger partial charge in [-0.25, -0.2) is 0 Å². The minimum absolute atomic E-state index is 0.115. The number of benzene rings is 1. The van der Waals surface area contributed by atoms with Crippen molar-refractivity contribution < 1.29 is 14.7 Å². The van der Waals surface area contributed by atoms with Gasteiger partial charge in [-0.15, -0.1) is 0 Å². The van der Waals surface area contributed by atoms with Gasteiger partial charge in [0.25, 0.3) is 5.91 Å². The summed E-state index contributed by atoms with van der Waals surface area (Å²) in [4.78, 5) is 26.8. The number of nitrogens with zero attached hydrogens (tertiary/aromatic N) is 1. The molecular formula is C18H25NO3. The van der Waals surface area contributed by atoms with E-state index >= 15 is 0 Å². The Balaban J connectivity index is 2.40. The first-order valence-corrected chi connectivity index (χ1v) is 7.89. The largest absolute Gasteiger partial charge is 0.375 e. The van der Waals surface area contributed by atoms with Crippen molar-refractivity contribution in [3.63, 3.8) is 0 Å². The molecule has 1 aliphatic rings. The number of carbonyl (C=O) groups is 2. The van der Waals surface area contributed by atoms with Gasteiger partial charge in [0.2, 0.25) is 0 Å². The fourth-order valence-corrected chi connectivity index (χ4v) is 2.71. The number of Topliss-reactive ketones (excluding diaryl/α,β-unsaturated/α-hetero) is 1. The molecule has 0 saturated heterocycles. The lowest BCUT2D eigenvalue weighted by Gasteiger charge is -2.26. The van der Waals surface area contributed by atoms with E-state index in [1.807, 2.05) is 12.1 Å². The molecule has 0 fully saturated rings. The minimum atomic E-state index is -1.73. The highest BCUT2D eigenvalue weighted by Crippen LogP contribution is 2.43. The number of anilines is 1. The van der Waals surface area contributed by atoms with E-state index in [1.54, 1.807) is 37.8 Å². The predicted octanol–water partition coefficient (Wildman–Crippen LogP) is 3.03. The van der Waals surface area contributed by atoms with Gasteiger partial charge in [0.05, 0.1) is 5.69 Å².